The number of ether oxygens (including phenoxy) is 1. The monoisotopic (exact) mass is 435 g/mol. The molecule has 168 valence electrons. The van der Waals surface area contributed by atoms with E-state index in [1.54, 1.807) is 0 Å². The van der Waals surface area contributed by atoms with Gasteiger partial charge in [-0.05, 0) is 50.7 Å². The lowest BCUT2D eigenvalue weighted by Crippen LogP contribution is -2.43. The van der Waals surface area contributed by atoms with Gasteiger partial charge in [0.15, 0.2) is 0 Å². The van der Waals surface area contributed by atoms with Crippen LogP contribution in [0.3, 0.4) is 0 Å². The van der Waals surface area contributed by atoms with E-state index in [4.69, 9.17) is 10.5 Å². The first-order valence-electron chi connectivity index (χ1n) is 11.0. The molecule has 5 rings (SSSR count). The van der Waals surface area contributed by atoms with E-state index < -0.39 is 17.6 Å². The minimum Gasteiger partial charge on any atom is -0.383 e. The SMILES string of the molecule is CC(C)n1nc(-c2cnc(N)c(C(F)(F)F)c2)cc1[C@@H]1[C@@H]2CC(N3CCOCC3)C[C@@H]21. The summed E-state index contributed by atoms with van der Waals surface area (Å²) in [6, 6.07) is 3.77. The van der Waals surface area contributed by atoms with Crippen LogP contribution in [0.2, 0.25) is 0 Å². The fourth-order valence-corrected chi connectivity index (χ4v) is 5.55. The molecule has 2 saturated carbocycles. The molecule has 3 heterocycles. The maximum absolute atomic E-state index is 13.3. The van der Waals surface area contributed by atoms with Crippen LogP contribution in [0.1, 0.15) is 49.9 Å². The van der Waals surface area contributed by atoms with Crippen molar-refractivity contribution in [3.63, 3.8) is 0 Å². The Morgan fingerprint density at radius 1 is 1.13 bits per heavy atom. The molecule has 0 spiro atoms. The van der Waals surface area contributed by atoms with Gasteiger partial charge in [-0.25, -0.2) is 4.98 Å². The van der Waals surface area contributed by atoms with E-state index >= 15 is 0 Å². The Kier molecular flexibility index (Phi) is 5.01. The van der Waals surface area contributed by atoms with Crippen molar-refractivity contribution in [1.29, 1.82) is 0 Å². The predicted octanol–water partition coefficient (Wildman–Crippen LogP) is 3.95. The maximum Gasteiger partial charge on any atom is 0.419 e. The largest absolute Gasteiger partial charge is 0.419 e. The Labute approximate surface area is 179 Å². The molecule has 31 heavy (non-hydrogen) atoms. The summed E-state index contributed by atoms with van der Waals surface area (Å²) in [5.74, 6) is 1.19. The number of rotatable bonds is 4. The first-order valence-corrected chi connectivity index (χ1v) is 11.0. The molecule has 6 nitrogen and oxygen atoms in total. The summed E-state index contributed by atoms with van der Waals surface area (Å²) in [5.41, 5.74) is 6.55. The number of halogens is 3. The topological polar surface area (TPSA) is 69.2 Å². The molecule has 2 aromatic heterocycles. The van der Waals surface area contributed by atoms with Gasteiger partial charge in [0.2, 0.25) is 0 Å². The average Bonchev–Trinajstić information content (AvgIpc) is 3.09. The quantitative estimate of drug-likeness (QED) is 0.788. The number of hydrogen-bond donors (Lipinski definition) is 1. The molecule has 2 aliphatic carbocycles. The summed E-state index contributed by atoms with van der Waals surface area (Å²) in [7, 11) is 0. The van der Waals surface area contributed by atoms with E-state index in [9.17, 15) is 13.2 Å². The molecule has 0 aromatic carbocycles. The second-order valence-corrected chi connectivity index (χ2v) is 9.27. The Balaban J connectivity index is 1.39. The lowest BCUT2D eigenvalue weighted by molar-refractivity contribution is -0.137. The maximum atomic E-state index is 13.3. The van der Waals surface area contributed by atoms with Gasteiger partial charge in [-0.1, -0.05) is 0 Å². The number of morpholine rings is 1. The minimum absolute atomic E-state index is 0.129. The number of alkyl halides is 3. The Bertz CT molecular complexity index is 955. The Hall–Kier alpha value is -2.13. The summed E-state index contributed by atoms with van der Waals surface area (Å²) in [6.07, 6.45) is -0.812. The number of fused-ring (bicyclic) bond motifs is 1. The molecule has 1 unspecified atom stereocenters. The van der Waals surface area contributed by atoms with Crippen LogP contribution in [-0.4, -0.2) is 52.0 Å². The normalized spacial score (nSPS) is 28.8. The highest BCUT2D eigenvalue weighted by Crippen LogP contribution is 2.64. The van der Waals surface area contributed by atoms with Crippen molar-refractivity contribution in [2.45, 2.75) is 50.9 Å². The smallest absolute Gasteiger partial charge is 0.383 e. The molecule has 0 bridgehead atoms. The van der Waals surface area contributed by atoms with Gasteiger partial charge in [0.05, 0.1) is 24.5 Å². The van der Waals surface area contributed by atoms with Crippen molar-refractivity contribution in [3.8, 4) is 11.3 Å². The van der Waals surface area contributed by atoms with Crippen LogP contribution >= 0.6 is 0 Å². The van der Waals surface area contributed by atoms with Crippen molar-refractivity contribution in [2.75, 3.05) is 32.0 Å². The second kappa shape index (κ2) is 7.48. The second-order valence-electron chi connectivity index (χ2n) is 9.27. The predicted molar refractivity (Wildman–Crippen MR) is 110 cm³/mol. The molecule has 2 N–H and O–H groups in total. The first kappa shape index (κ1) is 20.8. The van der Waals surface area contributed by atoms with Gasteiger partial charge in [-0.2, -0.15) is 18.3 Å². The van der Waals surface area contributed by atoms with Gasteiger partial charge in [0.1, 0.15) is 5.82 Å². The zero-order valence-electron chi connectivity index (χ0n) is 17.8. The molecular formula is C22H28F3N5O. The van der Waals surface area contributed by atoms with E-state index in [2.05, 4.69) is 28.8 Å². The third kappa shape index (κ3) is 3.71. The summed E-state index contributed by atoms with van der Waals surface area (Å²) in [4.78, 5) is 6.33. The van der Waals surface area contributed by atoms with Crippen molar-refractivity contribution in [3.05, 3.63) is 29.6 Å². The number of anilines is 1. The molecule has 9 heteroatoms. The minimum atomic E-state index is -4.54. The highest BCUT2D eigenvalue weighted by atomic mass is 19.4. The molecule has 1 aliphatic heterocycles. The summed E-state index contributed by atoms with van der Waals surface area (Å²) in [6.45, 7) is 7.75. The van der Waals surface area contributed by atoms with Crippen molar-refractivity contribution in [2.24, 2.45) is 11.8 Å². The third-order valence-corrected chi connectivity index (χ3v) is 7.10. The zero-order chi connectivity index (χ0) is 21.9. The fraction of sp³-hybridized carbons (Fsp3) is 0.636. The molecule has 2 aromatic rings. The molecule has 0 radical (unpaired) electrons. The van der Waals surface area contributed by atoms with Crippen molar-refractivity contribution < 1.29 is 17.9 Å². The number of aromatic nitrogens is 3. The van der Waals surface area contributed by atoms with Crippen LogP contribution in [0.25, 0.3) is 11.3 Å². The Morgan fingerprint density at radius 3 is 2.42 bits per heavy atom. The highest BCUT2D eigenvalue weighted by Gasteiger charge is 2.58. The third-order valence-electron chi connectivity index (χ3n) is 7.10. The van der Waals surface area contributed by atoms with Gasteiger partial charge in [0, 0.05) is 48.5 Å². The van der Waals surface area contributed by atoms with Crippen LogP contribution in [0, 0.1) is 11.8 Å². The number of hydrogen-bond acceptors (Lipinski definition) is 5. The van der Waals surface area contributed by atoms with Crippen molar-refractivity contribution in [1.82, 2.24) is 19.7 Å². The van der Waals surface area contributed by atoms with Gasteiger partial charge in [0.25, 0.3) is 0 Å². The van der Waals surface area contributed by atoms with Crippen LogP contribution in [-0.2, 0) is 10.9 Å². The molecule has 4 atom stereocenters. The van der Waals surface area contributed by atoms with Gasteiger partial charge >= 0.3 is 6.18 Å². The summed E-state index contributed by atoms with van der Waals surface area (Å²) in [5, 5.41) is 4.67. The van der Waals surface area contributed by atoms with Crippen LogP contribution in [0.4, 0.5) is 19.0 Å². The van der Waals surface area contributed by atoms with Gasteiger partial charge < -0.3 is 10.5 Å². The molecule has 0 amide bonds. The average molecular weight is 435 g/mol. The standard InChI is InChI=1S/C22H28F3N5O/c1-12(2)30-19(20-15-8-14(9-16(15)20)29-3-5-31-6-4-29)10-18(28-30)13-7-17(22(23,24)25)21(26)27-11-13/h7,10-12,14-16,20H,3-6,8-9H2,1-2H3,(H2,26,27)/t14?,15-,16+,20-. The summed E-state index contributed by atoms with van der Waals surface area (Å²) >= 11 is 0. The van der Waals surface area contributed by atoms with Crippen LogP contribution in [0.5, 0.6) is 0 Å². The number of pyridine rings is 1. The van der Waals surface area contributed by atoms with Crippen LogP contribution in [0.15, 0.2) is 18.3 Å². The Morgan fingerprint density at radius 2 is 1.81 bits per heavy atom. The van der Waals surface area contributed by atoms with Crippen molar-refractivity contribution >= 4 is 5.82 Å². The molecule has 1 saturated heterocycles. The highest BCUT2D eigenvalue weighted by molar-refractivity contribution is 5.63. The van der Waals surface area contributed by atoms with Gasteiger partial charge in [-0.3, -0.25) is 9.58 Å². The lowest BCUT2D eigenvalue weighted by Gasteiger charge is -2.33. The number of nitrogen functional groups attached to an aromatic ring is 1. The van der Waals surface area contributed by atoms with E-state index in [-0.39, 0.29) is 6.04 Å². The van der Waals surface area contributed by atoms with E-state index in [1.165, 1.54) is 19.0 Å². The lowest BCUT2D eigenvalue weighted by atomic mass is 10.0. The number of nitrogens with zero attached hydrogens (tertiary/aromatic N) is 4. The van der Waals surface area contributed by atoms with E-state index in [0.717, 1.165) is 38.1 Å². The summed E-state index contributed by atoms with van der Waals surface area (Å²) < 4.78 is 47.3. The number of nitrogens with two attached hydrogens (primary N) is 1. The molecular weight excluding hydrogens is 407 g/mol. The molecule has 3 aliphatic rings. The molecule has 3 fully saturated rings. The fourth-order valence-electron chi connectivity index (χ4n) is 5.55. The first-order chi connectivity index (χ1) is 14.7. The van der Waals surface area contributed by atoms with E-state index in [0.29, 0.717) is 35.1 Å². The van der Waals surface area contributed by atoms with Crippen LogP contribution < -0.4 is 5.73 Å². The zero-order valence-corrected chi connectivity index (χ0v) is 17.8. The van der Waals surface area contributed by atoms with Gasteiger partial charge in [-0.15, -0.1) is 0 Å². The van der Waals surface area contributed by atoms with E-state index in [1.807, 2.05) is 10.7 Å².